The van der Waals surface area contributed by atoms with Crippen LogP contribution in [-0.2, 0) is 5.75 Å². The Morgan fingerprint density at radius 1 is 1.44 bits per heavy atom. The Balaban J connectivity index is 2.16. The number of aromatic nitrogens is 3. The smallest absolute Gasteiger partial charge is 0.262 e. The number of thioether (sulfide) groups is 1. The molecule has 0 unspecified atom stereocenters. The van der Waals surface area contributed by atoms with Crippen LogP contribution in [-0.4, -0.2) is 27.3 Å². The summed E-state index contributed by atoms with van der Waals surface area (Å²) in [5.74, 6) is 3.21. The maximum Gasteiger partial charge on any atom is 0.262 e. The minimum Gasteiger partial charge on any atom is -0.378 e. The van der Waals surface area contributed by atoms with E-state index in [0.717, 1.165) is 40.0 Å². The molecule has 0 saturated carbocycles. The van der Waals surface area contributed by atoms with Crippen LogP contribution in [0.2, 0.25) is 0 Å². The Morgan fingerprint density at radius 3 is 3.00 bits per heavy atom. The quantitative estimate of drug-likeness (QED) is 0.822. The number of rotatable bonds is 6. The van der Waals surface area contributed by atoms with Crippen molar-refractivity contribution in [3.63, 3.8) is 0 Å². The summed E-state index contributed by atoms with van der Waals surface area (Å²) in [6, 6.07) is 0. The van der Waals surface area contributed by atoms with Gasteiger partial charge in [0, 0.05) is 7.05 Å². The van der Waals surface area contributed by atoms with Crippen molar-refractivity contribution in [3.05, 3.63) is 11.5 Å². The third-order valence-electron chi connectivity index (χ3n) is 2.35. The molecule has 0 saturated heterocycles. The summed E-state index contributed by atoms with van der Waals surface area (Å²) in [5.41, 5.74) is 1.84. The summed E-state index contributed by atoms with van der Waals surface area (Å²) in [7, 11) is 1.87. The molecule has 0 aliphatic rings. The molecule has 0 atom stereocenters. The Bertz CT molecular complexity index is 509. The standard InChI is InChI=1S/C11H16N4OS2/c1-4-5-17-6-8-13-10(16-14-8)9-7(2)15-18-11(9)12-3/h12H,4-6H2,1-3H3. The first-order chi connectivity index (χ1) is 8.76. The third-order valence-corrected chi connectivity index (χ3v) is 4.47. The van der Waals surface area contributed by atoms with Crippen LogP contribution in [0.5, 0.6) is 0 Å². The van der Waals surface area contributed by atoms with Gasteiger partial charge in [0.15, 0.2) is 5.82 Å². The fourth-order valence-corrected chi connectivity index (χ4v) is 2.98. The summed E-state index contributed by atoms with van der Waals surface area (Å²) in [5, 5.41) is 8.06. The Labute approximate surface area is 115 Å². The fourth-order valence-electron chi connectivity index (χ4n) is 1.51. The van der Waals surface area contributed by atoms with E-state index in [1.165, 1.54) is 11.5 Å². The van der Waals surface area contributed by atoms with Crippen LogP contribution in [0.4, 0.5) is 5.00 Å². The first-order valence-electron chi connectivity index (χ1n) is 5.81. The molecule has 2 aromatic heterocycles. The van der Waals surface area contributed by atoms with E-state index in [9.17, 15) is 0 Å². The van der Waals surface area contributed by atoms with Gasteiger partial charge >= 0.3 is 0 Å². The normalized spacial score (nSPS) is 10.8. The van der Waals surface area contributed by atoms with Gasteiger partial charge in [0.2, 0.25) is 0 Å². The number of hydrogen-bond donors (Lipinski definition) is 1. The lowest BCUT2D eigenvalue weighted by atomic mass is 10.2. The average molecular weight is 284 g/mol. The summed E-state index contributed by atoms with van der Waals surface area (Å²) < 4.78 is 9.61. The average Bonchev–Trinajstić information content (AvgIpc) is 2.96. The van der Waals surface area contributed by atoms with Gasteiger partial charge in [-0.15, -0.1) is 0 Å². The zero-order valence-electron chi connectivity index (χ0n) is 10.7. The second kappa shape index (κ2) is 6.19. The topological polar surface area (TPSA) is 63.8 Å². The minimum atomic E-state index is 0.553. The molecular formula is C11H16N4OS2. The van der Waals surface area contributed by atoms with E-state index in [2.05, 4.69) is 26.8 Å². The Morgan fingerprint density at radius 2 is 2.28 bits per heavy atom. The molecule has 7 heteroatoms. The third kappa shape index (κ3) is 2.84. The number of anilines is 1. The molecule has 0 bridgehead atoms. The van der Waals surface area contributed by atoms with Crippen LogP contribution >= 0.6 is 23.3 Å². The number of nitrogens with one attached hydrogen (secondary N) is 1. The van der Waals surface area contributed by atoms with E-state index >= 15 is 0 Å². The van der Waals surface area contributed by atoms with Crippen molar-refractivity contribution in [1.82, 2.24) is 14.5 Å². The van der Waals surface area contributed by atoms with Crippen molar-refractivity contribution in [3.8, 4) is 11.5 Å². The molecule has 0 spiro atoms. The molecule has 2 rings (SSSR count). The van der Waals surface area contributed by atoms with Gasteiger partial charge in [0.1, 0.15) is 5.00 Å². The molecule has 0 radical (unpaired) electrons. The van der Waals surface area contributed by atoms with Crippen LogP contribution in [0.15, 0.2) is 4.52 Å². The van der Waals surface area contributed by atoms with Crippen LogP contribution in [0.25, 0.3) is 11.5 Å². The molecule has 0 amide bonds. The molecule has 98 valence electrons. The van der Waals surface area contributed by atoms with Gasteiger partial charge in [-0.3, -0.25) is 0 Å². The van der Waals surface area contributed by atoms with E-state index < -0.39 is 0 Å². The highest BCUT2D eigenvalue weighted by molar-refractivity contribution is 7.98. The van der Waals surface area contributed by atoms with E-state index in [0.29, 0.717) is 5.89 Å². The molecule has 18 heavy (non-hydrogen) atoms. The highest BCUT2D eigenvalue weighted by Gasteiger charge is 2.18. The van der Waals surface area contributed by atoms with Crippen LogP contribution < -0.4 is 5.32 Å². The molecule has 0 aliphatic carbocycles. The van der Waals surface area contributed by atoms with Crippen molar-refractivity contribution in [1.29, 1.82) is 0 Å². The molecule has 5 nitrogen and oxygen atoms in total. The first kappa shape index (κ1) is 13.4. The lowest BCUT2D eigenvalue weighted by molar-refractivity contribution is 0.425. The number of hydrogen-bond acceptors (Lipinski definition) is 7. The maximum atomic E-state index is 5.32. The predicted octanol–water partition coefficient (Wildman–Crippen LogP) is 3.19. The van der Waals surface area contributed by atoms with Crippen molar-refractivity contribution in [2.75, 3.05) is 18.1 Å². The van der Waals surface area contributed by atoms with Crippen LogP contribution in [0.1, 0.15) is 24.9 Å². The predicted molar refractivity (Wildman–Crippen MR) is 76.1 cm³/mol. The minimum absolute atomic E-state index is 0.553. The largest absolute Gasteiger partial charge is 0.378 e. The summed E-state index contributed by atoms with van der Waals surface area (Å²) in [4.78, 5) is 4.42. The second-order valence-electron chi connectivity index (χ2n) is 3.79. The van der Waals surface area contributed by atoms with E-state index in [1.807, 2.05) is 25.7 Å². The SMILES string of the molecule is CCCSCc1noc(-c2c(C)nsc2NC)n1. The number of aryl methyl sites for hydroxylation is 1. The van der Waals surface area contributed by atoms with E-state index in [4.69, 9.17) is 4.52 Å². The molecule has 2 heterocycles. The van der Waals surface area contributed by atoms with Gasteiger partial charge in [0.25, 0.3) is 5.89 Å². The van der Waals surface area contributed by atoms with Crippen LogP contribution in [0.3, 0.4) is 0 Å². The van der Waals surface area contributed by atoms with Crippen molar-refractivity contribution in [2.45, 2.75) is 26.0 Å². The lowest BCUT2D eigenvalue weighted by Crippen LogP contribution is -1.89. The zero-order valence-corrected chi connectivity index (χ0v) is 12.3. The molecule has 0 aromatic carbocycles. The monoisotopic (exact) mass is 284 g/mol. The number of nitrogens with zero attached hydrogens (tertiary/aromatic N) is 3. The summed E-state index contributed by atoms with van der Waals surface area (Å²) >= 11 is 3.23. The first-order valence-corrected chi connectivity index (χ1v) is 7.73. The van der Waals surface area contributed by atoms with E-state index in [1.54, 1.807) is 0 Å². The van der Waals surface area contributed by atoms with Crippen molar-refractivity contribution in [2.24, 2.45) is 0 Å². The van der Waals surface area contributed by atoms with Crippen molar-refractivity contribution >= 4 is 28.3 Å². The molecular weight excluding hydrogens is 268 g/mol. The fraction of sp³-hybridized carbons (Fsp3) is 0.545. The van der Waals surface area contributed by atoms with Gasteiger partial charge in [-0.05, 0) is 30.6 Å². The van der Waals surface area contributed by atoms with Gasteiger partial charge < -0.3 is 9.84 Å². The molecule has 0 aliphatic heterocycles. The van der Waals surface area contributed by atoms with Gasteiger partial charge in [-0.1, -0.05) is 12.1 Å². The summed E-state index contributed by atoms with van der Waals surface area (Å²) in [6.45, 7) is 4.11. The Hall–Kier alpha value is -1.08. The maximum absolute atomic E-state index is 5.32. The Kier molecular flexibility index (Phi) is 4.60. The molecule has 0 fully saturated rings. The molecule has 1 N–H and O–H groups in total. The highest BCUT2D eigenvalue weighted by atomic mass is 32.2. The lowest BCUT2D eigenvalue weighted by Gasteiger charge is -1.96. The van der Waals surface area contributed by atoms with Crippen LogP contribution in [0, 0.1) is 6.92 Å². The second-order valence-corrected chi connectivity index (χ2v) is 5.67. The van der Waals surface area contributed by atoms with Gasteiger partial charge in [-0.25, -0.2) is 0 Å². The highest BCUT2D eigenvalue weighted by Crippen LogP contribution is 2.33. The summed E-state index contributed by atoms with van der Waals surface area (Å²) in [6.07, 6.45) is 1.16. The zero-order chi connectivity index (χ0) is 13.0. The van der Waals surface area contributed by atoms with Gasteiger partial charge in [0.05, 0.1) is 17.0 Å². The molecule has 2 aromatic rings. The van der Waals surface area contributed by atoms with Gasteiger partial charge in [-0.2, -0.15) is 21.1 Å². The van der Waals surface area contributed by atoms with E-state index in [-0.39, 0.29) is 0 Å². The van der Waals surface area contributed by atoms with Crippen molar-refractivity contribution < 1.29 is 4.52 Å².